The lowest BCUT2D eigenvalue weighted by molar-refractivity contribution is -0.148. The number of esters is 1. The monoisotopic (exact) mass is 400 g/mol. The summed E-state index contributed by atoms with van der Waals surface area (Å²) in [7, 11) is 0. The Morgan fingerprint density at radius 2 is 1.69 bits per heavy atom. The van der Waals surface area contributed by atoms with Gasteiger partial charge in [-0.15, -0.1) is 0 Å². The predicted octanol–water partition coefficient (Wildman–Crippen LogP) is 1.94. The lowest BCUT2D eigenvalue weighted by atomic mass is 9.81. The van der Waals surface area contributed by atoms with Crippen LogP contribution in [0.25, 0.3) is 0 Å². The third-order valence-electron chi connectivity index (χ3n) is 5.42. The SMILES string of the molecule is CC(=O)c1ccccc1NC(=O)COC(=O)CCN1C(=O)[C@H]2CCCC[C@@H]2C1=O. The van der Waals surface area contributed by atoms with E-state index in [9.17, 15) is 24.0 Å². The van der Waals surface area contributed by atoms with Crippen molar-refractivity contribution < 1.29 is 28.7 Å². The second-order valence-electron chi connectivity index (χ2n) is 7.39. The summed E-state index contributed by atoms with van der Waals surface area (Å²) in [5.41, 5.74) is 0.705. The highest BCUT2D eigenvalue weighted by atomic mass is 16.5. The van der Waals surface area contributed by atoms with Crippen LogP contribution in [0.1, 0.15) is 49.4 Å². The number of amides is 3. The number of fused-ring (bicyclic) bond motifs is 1. The zero-order chi connectivity index (χ0) is 21.0. The summed E-state index contributed by atoms with van der Waals surface area (Å²) in [6.45, 7) is 0.846. The summed E-state index contributed by atoms with van der Waals surface area (Å²) in [4.78, 5) is 61.5. The maximum atomic E-state index is 12.4. The van der Waals surface area contributed by atoms with Crippen LogP contribution < -0.4 is 5.32 Å². The van der Waals surface area contributed by atoms with Crippen LogP contribution in [0.4, 0.5) is 5.69 Å². The molecule has 1 aromatic carbocycles. The van der Waals surface area contributed by atoms with Crippen molar-refractivity contribution >= 4 is 35.2 Å². The van der Waals surface area contributed by atoms with E-state index in [2.05, 4.69) is 5.32 Å². The third-order valence-corrected chi connectivity index (χ3v) is 5.42. The Bertz CT molecular complexity index is 825. The van der Waals surface area contributed by atoms with Crippen LogP contribution in [-0.4, -0.2) is 47.5 Å². The highest BCUT2D eigenvalue weighted by molar-refractivity contribution is 6.05. The summed E-state index contributed by atoms with van der Waals surface area (Å²) in [6, 6.07) is 6.53. The molecule has 1 aromatic rings. The Kier molecular flexibility index (Phi) is 6.41. The first kappa shape index (κ1) is 20.7. The molecule has 8 nitrogen and oxygen atoms in total. The lowest BCUT2D eigenvalue weighted by Gasteiger charge is -2.19. The van der Waals surface area contributed by atoms with Gasteiger partial charge in [0.1, 0.15) is 0 Å². The van der Waals surface area contributed by atoms with Crippen LogP contribution in [0.3, 0.4) is 0 Å². The molecule has 1 heterocycles. The van der Waals surface area contributed by atoms with E-state index >= 15 is 0 Å². The summed E-state index contributed by atoms with van der Waals surface area (Å²) in [5.74, 6) is -2.35. The van der Waals surface area contributed by atoms with Crippen LogP contribution in [0, 0.1) is 11.8 Å². The van der Waals surface area contributed by atoms with Crippen molar-refractivity contribution in [3.05, 3.63) is 29.8 Å². The Hall–Kier alpha value is -3.03. The molecule has 2 fully saturated rings. The number of nitrogens with zero attached hydrogens (tertiary/aromatic N) is 1. The van der Waals surface area contributed by atoms with Crippen molar-refractivity contribution in [2.75, 3.05) is 18.5 Å². The molecule has 2 aliphatic rings. The van der Waals surface area contributed by atoms with Gasteiger partial charge in [0.25, 0.3) is 5.91 Å². The first-order valence-corrected chi connectivity index (χ1v) is 9.79. The van der Waals surface area contributed by atoms with Crippen molar-refractivity contribution in [3.63, 3.8) is 0 Å². The minimum atomic E-state index is -0.671. The number of likely N-dealkylation sites (tertiary alicyclic amines) is 1. The Morgan fingerprint density at radius 3 is 2.31 bits per heavy atom. The molecule has 2 atom stereocenters. The zero-order valence-electron chi connectivity index (χ0n) is 16.3. The van der Waals surface area contributed by atoms with E-state index in [1.807, 2.05) is 0 Å². The number of nitrogens with one attached hydrogen (secondary N) is 1. The van der Waals surface area contributed by atoms with Crippen LogP contribution in [0.15, 0.2) is 24.3 Å². The Balaban J connectivity index is 1.46. The molecule has 1 saturated heterocycles. The van der Waals surface area contributed by atoms with E-state index in [4.69, 9.17) is 4.74 Å². The number of benzene rings is 1. The van der Waals surface area contributed by atoms with Crippen molar-refractivity contribution in [1.29, 1.82) is 0 Å². The number of carbonyl (C=O) groups excluding carboxylic acids is 5. The van der Waals surface area contributed by atoms with Gasteiger partial charge in [-0.2, -0.15) is 0 Å². The largest absolute Gasteiger partial charge is 0.456 e. The first-order valence-electron chi connectivity index (χ1n) is 9.79. The van der Waals surface area contributed by atoms with Gasteiger partial charge in [0.15, 0.2) is 12.4 Å². The van der Waals surface area contributed by atoms with E-state index in [0.29, 0.717) is 11.3 Å². The molecule has 1 aliphatic heterocycles. The fourth-order valence-corrected chi connectivity index (χ4v) is 3.96. The molecule has 1 saturated carbocycles. The molecule has 8 heteroatoms. The van der Waals surface area contributed by atoms with E-state index in [1.165, 1.54) is 6.92 Å². The van der Waals surface area contributed by atoms with Gasteiger partial charge in [-0.1, -0.05) is 25.0 Å². The zero-order valence-corrected chi connectivity index (χ0v) is 16.3. The minimum Gasteiger partial charge on any atom is -0.456 e. The molecular weight excluding hydrogens is 376 g/mol. The molecule has 0 unspecified atom stereocenters. The standard InChI is InChI=1S/C21H24N2O6/c1-13(24)14-6-4-5-9-17(14)22-18(25)12-29-19(26)10-11-23-20(27)15-7-2-3-8-16(15)21(23)28/h4-6,9,15-16H,2-3,7-8,10-12H2,1H3,(H,22,25)/t15-,16-/m0/s1. The third kappa shape index (κ3) is 4.70. The molecule has 3 amide bonds. The Labute approximate surface area is 168 Å². The van der Waals surface area contributed by atoms with Gasteiger partial charge in [0, 0.05) is 12.1 Å². The van der Waals surface area contributed by atoms with Gasteiger partial charge in [-0.05, 0) is 31.9 Å². The maximum absolute atomic E-state index is 12.4. The van der Waals surface area contributed by atoms with Gasteiger partial charge in [-0.25, -0.2) is 0 Å². The quantitative estimate of drug-likeness (QED) is 0.425. The van der Waals surface area contributed by atoms with E-state index in [1.54, 1.807) is 24.3 Å². The first-order chi connectivity index (χ1) is 13.9. The average molecular weight is 400 g/mol. The molecule has 29 heavy (non-hydrogen) atoms. The molecule has 0 aromatic heterocycles. The number of rotatable bonds is 7. The van der Waals surface area contributed by atoms with Crippen molar-refractivity contribution in [2.45, 2.75) is 39.0 Å². The summed E-state index contributed by atoms with van der Waals surface area (Å²) in [5, 5.41) is 2.54. The number of para-hydroxylation sites is 1. The average Bonchev–Trinajstić information content (AvgIpc) is 2.95. The van der Waals surface area contributed by atoms with Crippen molar-refractivity contribution in [1.82, 2.24) is 4.90 Å². The van der Waals surface area contributed by atoms with Gasteiger partial charge in [-0.3, -0.25) is 28.9 Å². The molecule has 0 radical (unpaired) electrons. The number of hydrogen-bond donors (Lipinski definition) is 1. The summed E-state index contributed by atoms with van der Waals surface area (Å²) >= 11 is 0. The van der Waals surface area contributed by atoms with Gasteiger partial charge in [0.05, 0.1) is 23.9 Å². The number of ketones is 1. The summed E-state index contributed by atoms with van der Waals surface area (Å²) in [6.07, 6.45) is 3.17. The van der Waals surface area contributed by atoms with Gasteiger partial charge in [0.2, 0.25) is 11.8 Å². The normalized spacial score (nSPS) is 20.9. The fraction of sp³-hybridized carbons (Fsp3) is 0.476. The molecule has 0 spiro atoms. The second kappa shape index (κ2) is 8.98. The number of imide groups is 1. The van der Waals surface area contributed by atoms with E-state index in [0.717, 1.165) is 30.6 Å². The molecular formula is C21H24N2O6. The highest BCUT2D eigenvalue weighted by Crippen LogP contribution is 2.37. The van der Waals surface area contributed by atoms with Crippen LogP contribution in [0.2, 0.25) is 0 Å². The van der Waals surface area contributed by atoms with E-state index in [-0.39, 0.29) is 42.4 Å². The molecule has 0 bridgehead atoms. The number of anilines is 1. The fourth-order valence-electron chi connectivity index (χ4n) is 3.96. The predicted molar refractivity (Wildman–Crippen MR) is 103 cm³/mol. The molecule has 154 valence electrons. The maximum Gasteiger partial charge on any atom is 0.308 e. The lowest BCUT2D eigenvalue weighted by Crippen LogP contribution is -2.33. The second-order valence-corrected chi connectivity index (χ2v) is 7.39. The van der Waals surface area contributed by atoms with Crippen molar-refractivity contribution in [3.8, 4) is 0 Å². The van der Waals surface area contributed by atoms with Crippen LogP contribution >= 0.6 is 0 Å². The topological polar surface area (TPSA) is 110 Å². The number of hydrogen-bond acceptors (Lipinski definition) is 6. The number of Topliss-reactive ketones (excluding diaryl/α,β-unsaturated/α-hetero) is 1. The Morgan fingerprint density at radius 1 is 1.07 bits per heavy atom. The van der Waals surface area contributed by atoms with E-state index < -0.39 is 18.5 Å². The summed E-state index contributed by atoms with van der Waals surface area (Å²) < 4.78 is 4.94. The van der Waals surface area contributed by atoms with Crippen LogP contribution in [-0.2, 0) is 23.9 Å². The molecule has 1 N–H and O–H groups in total. The van der Waals surface area contributed by atoms with Crippen LogP contribution in [0.5, 0.6) is 0 Å². The van der Waals surface area contributed by atoms with Gasteiger partial charge < -0.3 is 10.1 Å². The highest BCUT2D eigenvalue weighted by Gasteiger charge is 2.47. The number of carbonyl (C=O) groups is 5. The minimum absolute atomic E-state index is 0.0295. The van der Waals surface area contributed by atoms with Gasteiger partial charge >= 0.3 is 5.97 Å². The smallest absolute Gasteiger partial charge is 0.308 e. The molecule has 1 aliphatic carbocycles. The van der Waals surface area contributed by atoms with Crippen molar-refractivity contribution in [2.24, 2.45) is 11.8 Å². The molecule has 3 rings (SSSR count). The number of ether oxygens (including phenoxy) is 1.